The highest BCUT2D eigenvalue weighted by atomic mass is 16.5. The predicted octanol–water partition coefficient (Wildman–Crippen LogP) is 0.695. The van der Waals surface area contributed by atoms with E-state index in [0.717, 1.165) is 0 Å². The Bertz CT molecular complexity index is 227. The molecule has 0 heterocycles. The van der Waals surface area contributed by atoms with Gasteiger partial charge in [-0.2, -0.15) is 0 Å². The molecule has 0 saturated heterocycles. The molecule has 1 rings (SSSR count). The van der Waals surface area contributed by atoms with E-state index in [1.165, 1.54) is 20.1 Å². The van der Waals surface area contributed by atoms with E-state index in [-0.39, 0.29) is 23.9 Å². The first-order valence-corrected chi connectivity index (χ1v) is 3.44. The van der Waals surface area contributed by atoms with Crippen LogP contribution in [0.4, 0.5) is 0 Å². The van der Waals surface area contributed by atoms with Crippen LogP contribution in [0.2, 0.25) is 0 Å². The number of ketones is 2. The summed E-state index contributed by atoms with van der Waals surface area (Å²) in [6.45, 7) is 1.47. The second-order valence-electron chi connectivity index (χ2n) is 2.58. The van der Waals surface area contributed by atoms with Gasteiger partial charge in [0.25, 0.3) is 0 Å². The van der Waals surface area contributed by atoms with Crippen LogP contribution in [0.1, 0.15) is 13.3 Å². The van der Waals surface area contributed by atoms with Gasteiger partial charge in [-0.05, 0) is 6.92 Å². The minimum atomic E-state index is -0.326. The van der Waals surface area contributed by atoms with E-state index in [4.69, 9.17) is 4.74 Å². The number of carbonyl (C=O) groups excluding carboxylic acids is 2. The lowest BCUT2D eigenvalue weighted by Crippen LogP contribution is -2.11. The van der Waals surface area contributed by atoms with E-state index in [9.17, 15) is 9.59 Å². The Hall–Kier alpha value is -1.12. The van der Waals surface area contributed by atoms with E-state index in [2.05, 4.69) is 0 Å². The molecule has 0 aromatic heterocycles. The minimum absolute atomic E-state index is 0.0102. The zero-order valence-corrected chi connectivity index (χ0v) is 6.59. The van der Waals surface area contributed by atoms with Gasteiger partial charge in [0.15, 0.2) is 5.78 Å². The summed E-state index contributed by atoms with van der Waals surface area (Å²) in [5.74, 6) is 0.140. The molecule has 60 valence electrons. The number of Topliss-reactive ketones (excluding diaryl/α,β-unsaturated/α-hetero) is 1. The first-order chi connectivity index (χ1) is 5.15. The van der Waals surface area contributed by atoms with Crippen molar-refractivity contribution in [2.24, 2.45) is 5.92 Å². The van der Waals surface area contributed by atoms with Gasteiger partial charge < -0.3 is 4.74 Å². The van der Waals surface area contributed by atoms with Gasteiger partial charge in [-0.15, -0.1) is 0 Å². The maximum absolute atomic E-state index is 10.9. The number of rotatable bonds is 2. The molecule has 3 nitrogen and oxygen atoms in total. The lowest BCUT2D eigenvalue weighted by atomic mass is 10.0. The molecule has 0 radical (unpaired) electrons. The zero-order valence-electron chi connectivity index (χ0n) is 6.59. The van der Waals surface area contributed by atoms with Crippen molar-refractivity contribution in [3.05, 3.63) is 11.8 Å². The Morgan fingerprint density at radius 1 is 1.73 bits per heavy atom. The van der Waals surface area contributed by atoms with Crippen LogP contribution in [-0.4, -0.2) is 18.7 Å². The summed E-state index contributed by atoms with van der Waals surface area (Å²) in [6.07, 6.45) is 1.67. The predicted molar refractivity (Wildman–Crippen MR) is 38.9 cm³/mol. The zero-order chi connectivity index (χ0) is 8.43. The van der Waals surface area contributed by atoms with Gasteiger partial charge in [0, 0.05) is 12.5 Å². The maximum atomic E-state index is 10.9. The third-order valence-corrected chi connectivity index (χ3v) is 1.78. The minimum Gasteiger partial charge on any atom is -0.500 e. The highest BCUT2D eigenvalue weighted by Gasteiger charge is 2.29. The van der Waals surface area contributed by atoms with E-state index < -0.39 is 0 Å². The fraction of sp³-hybridized carbons (Fsp3) is 0.500. The normalized spacial score (nSPS) is 23.3. The van der Waals surface area contributed by atoms with Crippen molar-refractivity contribution in [2.75, 3.05) is 7.11 Å². The lowest BCUT2D eigenvalue weighted by Gasteiger charge is -2.07. The van der Waals surface area contributed by atoms with Crippen LogP contribution in [0, 0.1) is 5.92 Å². The fourth-order valence-corrected chi connectivity index (χ4v) is 1.17. The van der Waals surface area contributed by atoms with E-state index >= 15 is 0 Å². The maximum Gasteiger partial charge on any atom is 0.160 e. The quantitative estimate of drug-likeness (QED) is 0.587. The SMILES string of the molecule is COC1=CC(=O)CC1C(C)=O. The first kappa shape index (κ1) is 7.98. The van der Waals surface area contributed by atoms with Gasteiger partial charge in [-0.1, -0.05) is 0 Å². The number of hydrogen-bond acceptors (Lipinski definition) is 3. The van der Waals surface area contributed by atoms with Gasteiger partial charge in [0.2, 0.25) is 0 Å². The highest BCUT2D eigenvalue weighted by Crippen LogP contribution is 2.24. The average Bonchev–Trinajstić information content (AvgIpc) is 2.30. The molecular formula is C8H10O3. The molecule has 0 amide bonds. The fourth-order valence-electron chi connectivity index (χ4n) is 1.17. The Balaban J connectivity index is 2.79. The smallest absolute Gasteiger partial charge is 0.160 e. The molecule has 0 fully saturated rings. The molecular weight excluding hydrogens is 144 g/mol. The molecule has 3 heteroatoms. The van der Waals surface area contributed by atoms with E-state index in [1.54, 1.807) is 0 Å². The molecule has 1 aliphatic rings. The third kappa shape index (κ3) is 1.48. The van der Waals surface area contributed by atoms with Crippen molar-refractivity contribution in [3.8, 4) is 0 Å². The summed E-state index contributed by atoms with van der Waals surface area (Å²) in [5.41, 5.74) is 0. The van der Waals surface area contributed by atoms with Gasteiger partial charge >= 0.3 is 0 Å². The standard InChI is InChI=1S/C8H10O3/c1-5(9)7-3-6(10)4-8(7)11-2/h4,7H,3H2,1-2H3. The third-order valence-electron chi connectivity index (χ3n) is 1.78. The van der Waals surface area contributed by atoms with Crippen molar-refractivity contribution < 1.29 is 14.3 Å². The molecule has 0 aromatic rings. The second-order valence-corrected chi connectivity index (χ2v) is 2.58. The largest absolute Gasteiger partial charge is 0.500 e. The van der Waals surface area contributed by atoms with Crippen LogP contribution in [0.5, 0.6) is 0 Å². The van der Waals surface area contributed by atoms with Gasteiger partial charge in [-0.25, -0.2) is 0 Å². The molecule has 0 aromatic carbocycles. The monoisotopic (exact) mass is 154 g/mol. The Labute approximate surface area is 65.0 Å². The van der Waals surface area contributed by atoms with Gasteiger partial charge in [0.05, 0.1) is 13.0 Å². The molecule has 0 saturated carbocycles. The van der Waals surface area contributed by atoms with Crippen LogP contribution in [0.25, 0.3) is 0 Å². The second kappa shape index (κ2) is 2.86. The summed E-state index contributed by atoms with van der Waals surface area (Å²) < 4.78 is 4.87. The summed E-state index contributed by atoms with van der Waals surface area (Å²) >= 11 is 0. The molecule has 0 bridgehead atoms. The summed E-state index contributed by atoms with van der Waals surface area (Å²) in [5, 5.41) is 0. The molecule has 0 N–H and O–H groups in total. The topological polar surface area (TPSA) is 43.4 Å². The number of hydrogen-bond donors (Lipinski definition) is 0. The van der Waals surface area contributed by atoms with Crippen molar-refractivity contribution in [3.63, 3.8) is 0 Å². The Morgan fingerprint density at radius 3 is 2.73 bits per heavy atom. The van der Waals surface area contributed by atoms with Crippen molar-refractivity contribution >= 4 is 11.6 Å². The van der Waals surface area contributed by atoms with Gasteiger partial charge in [0.1, 0.15) is 11.5 Å². The van der Waals surface area contributed by atoms with E-state index in [1.807, 2.05) is 0 Å². The number of allylic oxidation sites excluding steroid dienone is 2. The Morgan fingerprint density at radius 2 is 2.36 bits per heavy atom. The molecule has 0 aliphatic heterocycles. The number of methoxy groups -OCH3 is 1. The summed E-state index contributed by atoms with van der Waals surface area (Å²) in [7, 11) is 1.47. The average molecular weight is 154 g/mol. The van der Waals surface area contributed by atoms with Crippen LogP contribution in [-0.2, 0) is 14.3 Å². The van der Waals surface area contributed by atoms with Gasteiger partial charge in [-0.3, -0.25) is 9.59 Å². The van der Waals surface area contributed by atoms with Crippen LogP contribution in [0.3, 0.4) is 0 Å². The summed E-state index contributed by atoms with van der Waals surface area (Å²) in [4.78, 5) is 21.7. The first-order valence-electron chi connectivity index (χ1n) is 3.44. The van der Waals surface area contributed by atoms with Crippen LogP contribution < -0.4 is 0 Å². The molecule has 11 heavy (non-hydrogen) atoms. The molecule has 1 unspecified atom stereocenters. The summed E-state index contributed by atoms with van der Waals surface area (Å²) in [6, 6.07) is 0. The van der Waals surface area contributed by atoms with Crippen LogP contribution in [0.15, 0.2) is 11.8 Å². The molecule has 1 atom stereocenters. The van der Waals surface area contributed by atoms with Crippen LogP contribution >= 0.6 is 0 Å². The lowest BCUT2D eigenvalue weighted by molar-refractivity contribution is -0.123. The van der Waals surface area contributed by atoms with Crippen molar-refractivity contribution in [1.82, 2.24) is 0 Å². The van der Waals surface area contributed by atoms with Crippen molar-refractivity contribution in [1.29, 1.82) is 0 Å². The Kier molecular flexibility index (Phi) is 2.08. The van der Waals surface area contributed by atoms with Crippen molar-refractivity contribution in [2.45, 2.75) is 13.3 Å². The molecule has 1 aliphatic carbocycles. The number of ether oxygens (including phenoxy) is 1. The number of carbonyl (C=O) groups is 2. The molecule has 0 spiro atoms. The van der Waals surface area contributed by atoms with E-state index in [0.29, 0.717) is 5.76 Å². The highest BCUT2D eigenvalue weighted by molar-refractivity contribution is 5.99.